The van der Waals surface area contributed by atoms with Crippen molar-refractivity contribution in [3.8, 4) is 0 Å². The zero-order chi connectivity index (χ0) is 9.68. The molecule has 0 spiro atoms. The van der Waals surface area contributed by atoms with Crippen molar-refractivity contribution >= 4 is 0 Å². The monoisotopic (exact) mass is 179 g/mol. The van der Waals surface area contributed by atoms with Gasteiger partial charge < -0.3 is 4.90 Å². The van der Waals surface area contributed by atoms with Gasteiger partial charge in [-0.2, -0.15) is 0 Å². The first-order valence-electron chi connectivity index (χ1n) is 5.21. The third-order valence-corrected chi connectivity index (χ3v) is 2.81. The molecule has 0 aromatic rings. The Morgan fingerprint density at radius 1 is 1.54 bits per heavy atom. The van der Waals surface area contributed by atoms with E-state index in [1.165, 1.54) is 37.9 Å². The number of hydrogen-bond acceptors (Lipinski definition) is 1. The highest BCUT2D eigenvalue weighted by molar-refractivity contribution is 5.11. The molecule has 1 rings (SSSR count). The van der Waals surface area contributed by atoms with E-state index >= 15 is 0 Å². The molecular formula is C12H21N. The lowest BCUT2D eigenvalue weighted by molar-refractivity contribution is 0.299. The molecule has 1 aliphatic heterocycles. The number of rotatable bonds is 3. The minimum Gasteiger partial charge on any atom is -0.306 e. The second-order valence-corrected chi connectivity index (χ2v) is 4.19. The van der Waals surface area contributed by atoms with Gasteiger partial charge in [-0.25, -0.2) is 0 Å². The lowest BCUT2D eigenvalue weighted by atomic mass is 9.95. The molecule has 74 valence electrons. The van der Waals surface area contributed by atoms with Crippen molar-refractivity contribution in [2.75, 3.05) is 20.1 Å². The van der Waals surface area contributed by atoms with Gasteiger partial charge in [-0.3, -0.25) is 0 Å². The average molecular weight is 179 g/mol. The zero-order valence-electron chi connectivity index (χ0n) is 8.76. The van der Waals surface area contributed by atoms with Gasteiger partial charge in [0.1, 0.15) is 0 Å². The summed E-state index contributed by atoms with van der Waals surface area (Å²) >= 11 is 0. The Labute approximate surface area is 82.1 Å². The van der Waals surface area contributed by atoms with Crippen LogP contribution < -0.4 is 0 Å². The fraction of sp³-hybridized carbons (Fsp3) is 0.667. The van der Waals surface area contributed by atoms with E-state index in [9.17, 15) is 0 Å². The van der Waals surface area contributed by atoms with Crippen LogP contribution in [0.3, 0.4) is 0 Å². The Hall–Kier alpha value is -0.560. The Morgan fingerprint density at radius 2 is 2.31 bits per heavy atom. The van der Waals surface area contributed by atoms with E-state index in [0.29, 0.717) is 0 Å². The van der Waals surface area contributed by atoms with Crippen LogP contribution in [0.5, 0.6) is 0 Å². The van der Waals surface area contributed by atoms with E-state index in [1.54, 1.807) is 0 Å². The minimum atomic E-state index is 0.804. The third kappa shape index (κ3) is 3.77. The number of likely N-dealkylation sites (tertiary alicyclic amines) is 1. The largest absolute Gasteiger partial charge is 0.306 e. The van der Waals surface area contributed by atoms with E-state index in [0.717, 1.165) is 12.3 Å². The number of hydrogen-bond donors (Lipinski definition) is 0. The molecule has 1 aliphatic rings. The first kappa shape index (κ1) is 10.5. The van der Waals surface area contributed by atoms with Crippen LogP contribution in [0.1, 0.15) is 25.7 Å². The summed E-state index contributed by atoms with van der Waals surface area (Å²) in [6.07, 6.45) is 7.11. The van der Waals surface area contributed by atoms with E-state index in [-0.39, 0.29) is 0 Å². The van der Waals surface area contributed by atoms with Gasteiger partial charge >= 0.3 is 0 Å². The summed E-state index contributed by atoms with van der Waals surface area (Å²) in [6, 6.07) is 0. The summed E-state index contributed by atoms with van der Waals surface area (Å²) in [5.74, 6) is 0.804. The lowest BCUT2D eigenvalue weighted by Crippen LogP contribution is -2.24. The van der Waals surface area contributed by atoms with Gasteiger partial charge in [0.05, 0.1) is 0 Å². The highest BCUT2D eigenvalue weighted by atomic mass is 15.1. The average Bonchev–Trinajstić information content (AvgIpc) is 2.30. The molecule has 13 heavy (non-hydrogen) atoms. The summed E-state index contributed by atoms with van der Waals surface area (Å²) < 4.78 is 0. The lowest BCUT2D eigenvalue weighted by Gasteiger charge is -2.19. The van der Waals surface area contributed by atoms with Gasteiger partial charge in [-0.1, -0.05) is 31.2 Å². The van der Waals surface area contributed by atoms with Crippen LogP contribution >= 0.6 is 0 Å². The SMILES string of the molecule is C=CC(=C)CC1CCCCN(C)C1. The van der Waals surface area contributed by atoms with Gasteiger partial charge in [0, 0.05) is 6.54 Å². The summed E-state index contributed by atoms with van der Waals surface area (Å²) in [4.78, 5) is 2.44. The molecule has 1 heterocycles. The fourth-order valence-electron chi connectivity index (χ4n) is 2.06. The Balaban J connectivity index is 2.38. The van der Waals surface area contributed by atoms with Crippen LogP contribution in [-0.2, 0) is 0 Å². The maximum Gasteiger partial charge on any atom is 0.000978 e. The van der Waals surface area contributed by atoms with Crippen LogP contribution in [0.15, 0.2) is 24.8 Å². The van der Waals surface area contributed by atoms with Crippen molar-refractivity contribution in [1.82, 2.24) is 4.90 Å². The predicted octanol–water partition coefficient (Wildman–Crippen LogP) is 2.85. The molecule has 1 fully saturated rings. The molecule has 0 N–H and O–H groups in total. The Morgan fingerprint density at radius 3 is 3.00 bits per heavy atom. The highest BCUT2D eigenvalue weighted by Crippen LogP contribution is 2.21. The Bertz CT molecular complexity index is 184. The van der Waals surface area contributed by atoms with Crippen LogP contribution in [-0.4, -0.2) is 25.0 Å². The van der Waals surface area contributed by atoms with Gasteiger partial charge in [0.15, 0.2) is 0 Å². The molecule has 0 radical (unpaired) electrons. The normalized spacial score (nSPS) is 25.2. The maximum absolute atomic E-state index is 3.99. The Kier molecular flexibility index (Phi) is 4.23. The number of allylic oxidation sites excluding steroid dienone is 2. The summed E-state index contributed by atoms with van der Waals surface area (Å²) in [7, 11) is 2.22. The molecule has 1 saturated heterocycles. The molecule has 1 nitrogen and oxygen atoms in total. The molecule has 1 heteroatoms. The molecule has 0 saturated carbocycles. The fourth-order valence-corrected chi connectivity index (χ4v) is 2.06. The van der Waals surface area contributed by atoms with Crippen molar-refractivity contribution in [3.63, 3.8) is 0 Å². The second-order valence-electron chi connectivity index (χ2n) is 4.19. The molecule has 1 unspecified atom stereocenters. The van der Waals surface area contributed by atoms with E-state index < -0.39 is 0 Å². The quantitative estimate of drug-likeness (QED) is 0.602. The molecule has 0 aliphatic carbocycles. The number of nitrogens with zero attached hydrogens (tertiary/aromatic N) is 1. The molecule has 0 bridgehead atoms. The maximum atomic E-state index is 3.99. The van der Waals surface area contributed by atoms with Crippen molar-refractivity contribution < 1.29 is 0 Å². The van der Waals surface area contributed by atoms with Crippen molar-refractivity contribution in [2.24, 2.45) is 5.92 Å². The van der Waals surface area contributed by atoms with E-state index in [4.69, 9.17) is 0 Å². The van der Waals surface area contributed by atoms with E-state index in [2.05, 4.69) is 25.1 Å². The second kappa shape index (κ2) is 5.23. The first-order valence-corrected chi connectivity index (χ1v) is 5.21. The van der Waals surface area contributed by atoms with Crippen molar-refractivity contribution in [1.29, 1.82) is 0 Å². The van der Waals surface area contributed by atoms with Crippen molar-refractivity contribution in [3.05, 3.63) is 24.8 Å². The summed E-state index contributed by atoms with van der Waals surface area (Å²) in [5, 5.41) is 0. The highest BCUT2D eigenvalue weighted by Gasteiger charge is 2.15. The predicted molar refractivity (Wildman–Crippen MR) is 58.8 cm³/mol. The van der Waals surface area contributed by atoms with Gasteiger partial charge in [0.2, 0.25) is 0 Å². The topological polar surface area (TPSA) is 3.24 Å². The summed E-state index contributed by atoms with van der Waals surface area (Å²) in [6.45, 7) is 10.2. The molecule has 1 atom stereocenters. The van der Waals surface area contributed by atoms with Crippen LogP contribution in [0, 0.1) is 5.92 Å². The van der Waals surface area contributed by atoms with Gasteiger partial charge in [-0.15, -0.1) is 0 Å². The van der Waals surface area contributed by atoms with Crippen molar-refractivity contribution in [2.45, 2.75) is 25.7 Å². The smallest absolute Gasteiger partial charge is 0.000978 e. The van der Waals surface area contributed by atoms with E-state index in [1.807, 2.05) is 6.08 Å². The molecule has 0 amide bonds. The molecule has 0 aromatic carbocycles. The van der Waals surface area contributed by atoms with Gasteiger partial charge in [-0.05, 0) is 38.8 Å². The van der Waals surface area contributed by atoms with Crippen LogP contribution in [0.25, 0.3) is 0 Å². The zero-order valence-corrected chi connectivity index (χ0v) is 8.76. The molecule has 0 aromatic heterocycles. The first-order chi connectivity index (χ1) is 6.22. The standard InChI is InChI=1S/C12H21N/c1-4-11(2)9-12-7-5-6-8-13(3)10-12/h4,12H,1-2,5-10H2,3H3. The third-order valence-electron chi connectivity index (χ3n) is 2.81. The molecular weight excluding hydrogens is 158 g/mol. The summed E-state index contributed by atoms with van der Waals surface area (Å²) in [5.41, 5.74) is 1.19. The minimum absolute atomic E-state index is 0.804. The van der Waals surface area contributed by atoms with Crippen LogP contribution in [0.2, 0.25) is 0 Å². The van der Waals surface area contributed by atoms with Crippen LogP contribution in [0.4, 0.5) is 0 Å². The van der Waals surface area contributed by atoms with Gasteiger partial charge in [0.25, 0.3) is 0 Å².